The van der Waals surface area contributed by atoms with E-state index in [-0.39, 0.29) is 16.9 Å². The molecule has 2 saturated carbocycles. The molecule has 0 N–H and O–H groups in total. The van der Waals surface area contributed by atoms with Crippen molar-refractivity contribution in [3.05, 3.63) is 48.0 Å². The molecule has 3 heteroatoms. The Labute approximate surface area is 144 Å². The van der Waals surface area contributed by atoms with Gasteiger partial charge in [-0.15, -0.1) is 0 Å². The molecule has 0 unspecified atom stereocenters. The van der Waals surface area contributed by atoms with Crippen LogP contribution < -0.4 is 0 Å². The Morgan fingerprint density at radius 3 is 2.58 bits per heavy atom. The van der Waals surface area contributed by atoms with E-state index in [1.54, 1.807) is 0 Å². The van der Waals surface area contributed by atoms with E-state index in [0.29, 0.717) is 6.42 Å². The lowest BCUT2D eigenvalue weighted by Gasteiger charge is -2.44. The van der Waals surface area contributed by atoms with E-state index in [0.717, 1.165) is 22.8 Å². The first-order valence-electron chi connectivity index (χ1n) is 9.01. The highest BCUT2D eigenvalue weighted by Gasteiger charge is 2.60. The molecule has 3 aliphatic rings. The van der Waals surface area contributed by atoms with Crippen LogP contribution in [0.3, 0.4) is 0 Å². The number of ether oxygens (including phenoxy) is 1. The van der Waals surface area contributed by atoms with Gasteiger partial charge in [0.1, 0.15) is 0 Å². The van der Waals surface area contributed by atoms with Gasteiger partial charge in [0, 0.05) is 6.42 Å². The number of hydrogen-bond acceptors (Lipinski definition) is 3. The van der Waals surface area contributed by atoms with Crippen LogP contribution >= 0.6 is 0 Å². The third-order valence-electron chi connectivity index (χ3n) is 6.49. The average Bonchev–Trinajstić information content (AvgIpc) is 3.04. The summed E-state index contributed by atoms with van der Waals surface area (Å²) in [6.07, 6.45) is 4.34. The van der Waals surface area contributed by atoms with Gasteiger partial charge in [0.15, 0.2) is 0 Å². The van der Waals surface area contributed by atoms with E-state index in [4.69, 9.17) is 9.57 Å². The Bertz CT molecular complexity index is 674. The fraction of sp³-hybridized carbons (Fsp3) is 0.571. The first kappa shape index (κ1) is 15.9. The number of fused-ring (bicyclic) bond motifs is 2. The monoisotopic (exact) mass is 325 g/mol. The summed E-state index contributed by atoms with van der Waals surface area (Å²) < 4.78 is 6.47. The Hall–Kier alpha value is -1.61. The van der Waals surface area contributed by atoms with Crippen molar-refractivity contribution in [3.63, 3.8) is 0 Å². The van der Waals surface area contributed by atoms with Gasteiger partial charge >= 0.3 is 0 Å². The minimum atomic E-state index is -0.419. The number of nitrogens with zero attached hydrogens (tertiary/aromatic N) is 1. The lowest BCUT2D eigenvalue weighted by atomic mass is 9.70. The minimum Gasteiger partial charge on any atom is -0.359 e. The van der Waals surface area contributed by atoms with Gasteiger partial charge in [-0.1, -0.05) is 62.8 Å². The van der Waals surface area contributed by atoms with Crippen molar-refractivity contribution in [2.75, 3.05) is 0 Å². The van der Waals surface area contributed by atoms with E-state index < -0.39 is 6.29 Å². The molecule has 1 heterocycles. The van der Waals surface area contributed by atoms with Crippen molar-refractivity contribution in [2.45, 2.75) is 58.8 Å². The summed E-state index contributed by atoms with van der Waals surface area (Å²) in [5.74, 6) is 0.757. The van der Waals surface area contributed by atoms with Crippen molar-refractivity contribution < 1.29 is 9.57 Å². The molecule has 0 amide bonds. The van der Waals surface area contributed by atoms with E-state index >= 15 is 0 Å². The van der Waals surface area contributed by atoms with Gasteiger partial charge in [0.05, 0.1) is 11.8 Å². The summed E-state index contributed by atoms with van der Waals surface area (Å²) >= 11 is 0. The van der Waals surface area contributed by atoms with Crippen molar-refractivity contribution in [1.29, 1.82) is 0 Å². The maximum atomic E-state index is 6.47. The topological polar surface area (TPSA) is 30.8 Å². The molecule has 0 saturated heterocycles. The molecule has 0 aromatic heterocycles. The van der Waals surface area contributed by atoms with Crippen molar-refractivity contribution >= 4 is 5.71 Å². The minimum absolute atomic E-state index is 0.195. The molecule has 2 fully saturated rings. The lowest BCUT2D eigenvalue weighted by molar-refractivity contribution is -0.204. The van der Waals surface area contributed by atoms with Crippen LogP contribution in [0.4, 0.5) is 0 Å². The lowest BCUT2D eigenvalue weighted by Crippen LogP contribution is -2.45. The molecule has 2 bridgehead atoms. The highest BCUT2D eigenvalue weighted by atomic mass is 16.8. The smallest absolute Gasteiger partial charge is 0.249 e. The third-order valence-corrected chi connectivity index (χ3v) is 6.49. The molecule has 0 radical (unpaired) electrons. The Balaban J connectivity index is 1.51. The van der Waals surface area contributed by atoms with Gasteiger partial charge < -0.3 is 9.57 Å². The van der Waals surface area contributed by atoms with Crippen LogP contribution in [0.25, 0.3) is 0 Å². The quantitative estimate of drug-likeness (QED) is 0.738. The fourth-order valence-corrected chi connectivity index (χ4v) is 5.14. The molecule has 128 valence electrons. The second-order valence-electron chi connectivity index (χ2n) is 8.61. The summed E-state index contributed by atoms with van der Waals surface area (Å²) in [7, 11) is 0. The standard InChI is InChI=1S/C21H27NO2/c1-14-12-17(15-8-6-5-7-9-15)22-24-18(14)23-19-20(2,3)16-10-11-21(19,4)13-16/h5-9,16,18-19H,1,10-13H2,2-4H3/t16-,18+,19-,21+/m0/s1. The van der Waals surface area contributed by atoms with Crippen molar-refractivity contribution in [3.8, 4) is 0 Å². The first-order chi connectivity index (χ1) is 11.4. The number of hydrogen-bond donors (Lipinski definition) is 0. The van der Waals surface area contributed by atoms with Crippen molar-refractivity contribution in [1.82, 2.24) is 0 Å². The summed E-state index contributed by atoms with van der Waals surface area (Å²) in [6, 6.07) is 10.1. The third kappa shape index (κ3) is 2.41. The molecule has 24 heavy (non-hydrogen) atoms. The van der Waals surface area contributed by atoms with Gasteiger partial charge in [0.25, 0.3) is 0 Å². The number of rotatable bonds is 3. The molecular formula is C21H27NO2. The second kappa shape index (κ2) is 5.45. The van der Waals surface area contributed by atoms with E-state index in [2.05, 4.69) is 44.6 Å². The van der Waals surface area contributed by atoms with Crippen LogP contribution in [0, 0.1) is 16.7 Å². The van der Waals surface area contributed by atoms with E-state index in [1.807, 2.05) is 18.2 Å². The Morgan fingerprint density at radius 1 is 1.21 bits per heavy atom. The maximum Gasteiger partial charge on any atom is 0.249 e. The molecule has 1 aliphatic heterocycles. The van der Waals surface area contributed by atoms with Crippen LogP contribution in [0.1, 0.15) is 52.0 Å². The van der Waals surface area contributed by atoms with Crippen molar-refractivity contribution in [2.24, 2.45) is 21.9 Å². The van der Waals surface area contributed by atoms with Gasteiger partial charge in [-0.05, 0) is 47.1 Å². The Morgan fingerprint density at radius 2 is 1.96 bits per heavy atom. The Kier molecular flexibility index (Phi) is 3.61. The van der Waals surface area contributed by atoms with Gasteiger partial charge in [-0.25, -0.2) is 0 Å². The molecule has 4 rings (SSSR count). The van der Waals surface area contributed by atoms with Crippen LogP contribution in [0.15, 0.2) is 47.6 Å². The largest absolute Gasteiger partial charge is 0.359 e. The van der Waals surface area contributed by atoms with E-state index in [9.17, 15) is 0 Å². The van der Waals surface area contributed by atoms with Crippen LogP contribution in [0.5, 0.6) is 0 Å². The van der Waals surface area contributed by atoms with Gasteiger partial charge in [0.2, 0.25) is 6.29 Å². The van der Waals surface area contributed by atoms with Crippen LogP contribution in [0.2, 0.25) is 0 Å². The zero-order chi connectivity index (χ0) is 16.9. The normalized spacial score (nSPS) is 37.2. The zero-order valence-electron chi connectivity index (χ0n) is 14.9. The van der Waals surface area contributed by atoms with E-state index in [1.165, 1.54) is 19.3 Å². The molecule has 1 aromatic carbocycles. The predicted octanol–water partition coefficient (Wildman–Crippen LogP) is 4.92. The van der Waals surface area contributed by atoms with Crippen LogP contribution in [-0.2, 0) is 9.57 Å². The summed E-state index contributed by atoms with van der Waals surface area (Å²) in [6.45, 7) is 11.3. The molecule has 0 spiro atoms. The molecular weight excluding hydrogens is 298 g/mol. The maximum absolute atomic E-state index is 6.47. The summed E-state index contributed by atoms with van der Waals surface area (Å²) in [5, 5.41) is 4.34. The summed E-state index contributed by atoms with van der Waals surface area (Å²) in [4.78, 5) is 5.73. The number of benzene rings is 1. The highest BCUT2D eigenvalue weighted by molar-refractivity contribution is 6.01. The molecule has 1 aromatic rings. The predicted molar refractivity (Wildman–Crippen MR) is 95.7 cm³/mol. The zero-order valence-corrected chi connectivity index (χ0v) is 14.9. The first-order valence-corrected chi connectivity index (χ1v) is 9.01. The average molecular weight is 325 g/mol. The van der Waals surface area contributed by atoms with Crippen LogP contribution in [-0.4, -0.2) is 18.1 Å². The number of oxime groups is 1. The molecule has 4 atom stereocenters. The fourth-order valence-electron chi connectivity index (χ4n) is 5.14. The second-order valence-corrected chi connectivity index (χ2v) is 8.61. The van der Waals surface area contributed by atoms with Gasteiger partial charge in [-0.3, -0.25) is 0 Å². The highest BCUT2D eigenvalue weighted by Crippen LogP contribution is 2.63. The summed E-state index contributed by atoms with van der Waals surface area (Å²) in [5.41, 5.74) is 3.44. The molecule has 2 aliphatic carbocycles. The SMILES string of the molecule is C=C1CC(c2ccccc2)=NO[C@H]1O[C@H]1C(C)(C)[C@H]2CC[C@]1(C)C2. The van der Waals surface area contributed by atoms with Gasteiger partial charge in [-0.2, -0.15) is 0 Å². The molecule has 3 nitrogen and oxygen atoms in total.